The Morgan fingerprint density at radius 1 is 1.28 bits per heavy atom. The number of carbonyl (C=O) groups is 3. The van der Waals surface area contributed by atoms with E-state index in [-0.39, 0.29) is 40.3 Å². The third kappa shape index (κ3) is 5.09. The summed E-state index contributed by atoms with van der Waals surface area (Å²) in [5.74, 6) is -2.39. The Balaban J connectivity index is 1.60. The monoisotopic (exact) mass is 481 g/mol. The lowest BCUT2D eigenvalue weighted by Crippen LogP contribution is -2.28. The zero-order valence-corrected chi connectivity index (χ0v) is 18.2. The smallest absolute Gasteiger partial charge is 0.311 e. The van der Waals surface area contributed by atoms with Gasteiger partial charge in [0.2, 0.25) is 5.91 Å². The fraction of sp³-hybridized carbons (Fsp3) is 0.250. The number of amides is 2. The second-order valence-electron chi connectivity index (χ2n) is 6.77. The Kier molecular flexibility index (Phi) is 7.16. The predicted octanol–water partition coefficient (Wildman–Crippen LogP) is 3.45. The van der Waals surface area contributed by atoms with Gasteiger partial charge < -0.3 is 19.7 Å². The van der Waals surface area contributed by atoms with Gasteiger partial charge in [0.25, 0.3) is 11.6 Å². The van der Waals surface area contributed by atoms with E-state index in [1.54, 1.807) is 18.2 Å². The van der Waals surface area contributed by atoms with Crippen molar-refractivity contribution in [2.24, 2.45) is 5.92 Å². The Morgan fingerprint density at radius 2 is 2.03 bits per heavy atom. The molecular formula is C20H17Cl2N3O7. The van der Waals surface area contributed by atoms with Crippen molar-refractivity contribution in [3.8, 4) is 5.75 Å². The maximum Gasteiger partial charge on any atom is 0.311 e. The minimum absolute atomic E-state index is 0.0146. The van der Waals surface area contributed by atoms with E-state index in [1.807, 2.05) is 0 Å². The second-order valence-corrected chi connectivity index (χ2v) is 7.56. The SMILES string of the molecule is COc1ccc([N+](=O)[O-])c(NC(=O)COC(=O)[C@@H]2CC(=O)N(c3cccc(Cl)c3Cl)C2)c1. The van der Waals surface area contributed by atoms with E-state index in [0.29, 0.717) is 11.4 Å². The van der Waals surface area contributed by atoms with Crippen LogP contribution in [0.3, 0.4) is 0 Å². The Hall–Kier alpha value is -3.37. The average Bonchev–Trinajstić information content (AvgIpc) is 3.15. The van der Waals surface area contributed by atoms with E-state index in [1.165, 1.54) is 30.2 Å². The largest absolute Gasteiger partial charge is 0.497 e. The highest BCUT2D eigenvalue weighted by Gasteiger charge is 2.37. The summed E-state index contributed by atoms with van der Waals surface area (Å²) in [5, 5.41) is 13.9. The van der Waals surface area contributed by atoms with E-state index in [0.717, 1.165) is 0 Å². The minimum Gasteiger partial charge on any atom is -0.497 e. The number of hydrogen-bond acceptors (Lipinski definition) is 7. The van der Waals surface area contributed by atoms with E-state index in [2.05, 4.69) is 5.32 Å². The lowest BCUT2D eigenvalue weighted by molar-refractivity contribution is -0.383. The molecule has 1 aliphatic rings. The summed E-state index contributed by atoms with van der Waals surface area (Å²) >= 11 is 12.1. The van der Waals surface area contributed by atoms with Gasteiger partial charge in [0.05, 0.1) is 33.7 Å². The molecule has 2 aromatic carbocycles. The molecule has 0 bridgehead atoms. The number of anilines is 2. The van der Waals surface area contributed by atoms with Gasteiger partial charge in [0.15, 0.2) is 6.61 Å². The zero-order chi connectivity index (χ0) is 23.4. The van der Waals surface area contributed by atoms with Crippen molar-refractivity contribution in [2.75, 3.05) is 30.5 Å². The van der Waals surface area contributed by atoms with Gasteiger partial charge in [-0.3, -0.25) is 24.5 Å². The van der Waals surface area contributed by atoms with Gasteiger partial charge in [0.1, 0.15) is 11.4 Å². The highest BCUT2D eigenvalue weighted by molar-refractivity contribution is 6.44. The summed E-state index contributed by atoms with van der Waals surface area (Å²) in [6, 6.07) is 8.65. The van der Waals surface area contributed by atoms with Crippen LogP contribution in [0.4, 0.5) is 17.1 Å². The number of hydrogen-bond donors (Lipinski definition) is 1. The van der Waals surface area contributed by atoms with Crippen molar-refractivity contribution >= 4 is 58.0 Å². The second kappa shape index (κ2) is 9.84. The van der Waals surface area contributed by atoms with E-state index >= 15 is 0 Å². The molecule has 1 saturated heterocycles. The molecule has 0 aliphatic carbocycles. The fourth-order valence-electron chi connectivity index (χ4n) is 3.14. The predicted molar refractivity (Wildman–Crippen MR) is 116 cm³/mol. The molecule has 0 spiro atoms. The first-order valence-corrected chi connectivity index (χ1v) is 10.00. The number of methoxy groups -OCH3 is 1. The number of nitrogens with zero attached hydrogens (tertiary/aromatic N) is 2. The quantitative estimate of drug-likeness (QED) is 0.364. The third-order valence-corrected chi connectivity index (χ3v) is 5.51. The molecule has 1 heterocycles. The lowest BCUT2D eigenvalue weighted by atomic mass is 10.1. The van der Waals surface area contributed by atoms with Gasteiger partial charge in [-0.1, -0.05) is 29.3 Å². The molecule has 0 radical (unpaired) electrons. The number of ether oxygens (including phenoxy) is 2. The number of halogens is 2. The molecule has 168 valence electrons. The Labute approximate surface area is 192 Å². The van der Waals surface area contributed by atoms with Crippen LogP contribution in [0.2, 0.25) is 10.0 Å². The van der Waals surface area contributed by atoms with Crippen molar-refractivity contribution in [1.29, 1.82) is 0 Å². The topological polar surface area (TPSA) is 128 Å². The van der Waals surface area contributed by atoms with Gasteiger partial charge in [-0.25, -0.2) is 0 Å². The van der Waals surface area contributed by atoms with Crippen LogP contribution >= 0.6 is 23.2 Å². The van der Waals surface area contributed by atoms with Crippen LogP contribution in [0.5, 0.6) is 5.75 Å². The van der Waals surface area contributed by atoms with Crippen molar-refractivity contribution in [3.05, 3.63) is 56.6 Å². The van der Waals surface area contributed by atoms with Crippen LogP contribution < -0.4 is 15.0 Å². The van der Waals surface area contributed by atoms with Gasteiger partial charge in [-0.15, -0.1) is 0 Å². The number of nitro benzene ring substituents is 1. The molecule has 1 fully saturated rings. The van der Waals surface area contributed by atoms with Crippen LogP contribution in [0.25, 0.3) is 0 Å². The molecule has 0 unspecified atom stereocenters. The zero-order valence-electron chi connectivity index (χ0n) is 16.7. The number of esters is 1. The van der Waals surface area contributed by atoms with Gasteiger partial charge in [-0.2, -0.15) is 0 Å². The molecule has 10 nitrogen and oxygen atoms in total. The van der Waals surface area contributed by atoms with E-state index in [9.17, 15) is 24.5 Å². The highest BCUT2D eigenvalue weighted by atomic mass is 35.5. The molecule has 0 aromatic heterocycles. The number of carbonyl (C=O) groups excluding carboxylic acids is 3. The minimum atomic E-state index is -0.809. The van der Waals surface area contributed by atoms with E-state index < -0.39 is 29.3 Å². The summed E-state index contributed by atoms with van der Waals surface area (Å²) in [6.07, 6.45) is -0.120. The van der Waals surface area contributed by atoms with E-state index in [4.69, 9.17) is 32.7 Å². The summed E-state index contributed by atoms with van der Waals surface area (Å²) < 4.78 is 10.0. The highest BCUT2D eigenvalue weighted by Crippen LogP contribution is 2.36. The van der Waals surface area contributed by atoms with Crippen molar-refractivity contribution in [1.82, 2.24) is 0 Å². The Bertz CT molecular complexity index is 1090. The molecule has 1 atom stereocenters. The molecule has 12 heteroatoms. The van der Waals surface area contributed by atoms with Crippen LogP contribution in [0.1, 0.15) is 6.42 Å². The van der Waals surface area contributed by atoms with Crippen molar-refractivity contribution in [3.63, 3.8) is 0 Å². The first kappa shape index (κ1) is 23.3. The molecule has 32 heavy (non-hydrogen) atoms. The summed E-state index contributed by atoms with van der Waals surface area (Å²) in [7, 11) is 1.37. The Morgan fingerprint density at radius 3 is 2.72 bits per heavy atom. The first-order chi connectivity index (χ1) is 15.2. The number of benzene rings is 2. The van der Waals surface area contributed by atoms with Crippen LogP contribution in [0.15, 0.2) is 36.4 Å². The molecule has 2 amide bonds. The fourth-order valence-corrected chi connectivity index (χ4v) is 3.54. The molecule has 1 N–H and O–H groups in total. The number of rotatable bonds is 7. The molecule has 1 aliphatic heterocycles. The number of nitrogens with one attached hydrogen (secondary N) is 1. The molecule has 2 aromatic rings. The average molecular weight is 482 g/mol. The van der Waals surface area contributed by atoms with Crippen LogP contribution in [-0.2, 0) is 19.1 Å². The standard InChI is InChI=1S/C20H17Cl2N3O7/c1-31-12-5-6-15(25(29)30)14(8-12)23-17(26)10-32-20(28)11-7-18(27)24(9-11)16-4-2-3-13(21)19(16)22/h2-6,8,11H,7,9-10H2,1H3,(H,23,26)/t11-/m1/s1. The molecular weight excluding hydrogens is 465 g/mol. The maximum atomic E-state index is 12.4. The van der Waals surface area contributed by atoms with Crippen molar-refractivity contribution in [2.45, 2.75) is 6.42 Å². The van der Waals surface area contributed by atoms with Crippen molar-refractivity contribution < 1.29 is 28.8 Å². The first-order valence-electron chi connectivity index (χ1n) is 9.24. The third-order valence-electron chi connectivity index (χ3n) is 4.70. The lowest BCUT2D eigenvalue weighted by Gasteiger charge is -2.18. The van der Waals surface area contributed by atoms with Crippen LogP contribution in [0, 0.1) is 16.0 Å². The molecule has 3 rings (SSSR count). The maximum absolute atomic E-state index is 12.4. The van der Waals surface area contributed by atoms with Gasteiger partial charge in [-0.05, 0) is 18.2 Å². The van der Waals surface area contributed by atoms with Gasteiger partial charge >= 0.3 is 5.97 Å². The molecule has 0 saturated carbocycles. The number of nitro groups is 1. The summed E-state index contributed by atoms with van der Waals surface area (Å²) in [4.78, 5) is 48.7. The summed E-state index contributed by atoms with van der Waals surface area (Å²) in [6.45, 7) is -0.670. The van der Waals surface area contributed by atoms with Gasteiger partial charge in [0, 0.05) is 25.1 Å². The van der Waals surface area contributed by atoms with Crippen LogP contribution in [-0.4, -0.2) is 43.0 Å². The summed E-state index contributed by atoms with van der Waals surface area (Å²) in [5.41, 5.74) is -0.0725. The normalized spacial score (nSPS) is 15.4.